The van der Waals surface area contributed by atoms with Crippen LogP contribution in [0.1, 0.15) is 47.0 Å². The second kappa shape index (κ2) is 7.77. The fourth-order valence-corrected chi connectivity index (χ4v) is 3.72. The van der Waals surface area contributed by atoms with Crippen molar-refractivity contribution in [3.8, 4) is 0 Å². The first-order chi connectivity index (χ1) is 9.56. The maximum Gasteiger partial charge on any atom is 0.0678 e. The highest BCUT2D eigenvalue weighted by molar-refractivity contribution is 4.79. The lowest BCUT2D eigenvalue weighted by molar-refractivity contribution is -0.0732. The molecule has 0 bridgehead atoms. The topological polar surface area (TPSA) is 15.7 Å². The molecule has 0 aliphatic carbocycles. The summed E-state index contributed by atoms with van der Waals surface area (Å²) in [4.78, 5) is 5.31. The lowest BCUT2D eigenvalue weighted by Crippen LogP contribution is -2.48. The Labute approximate surface area is 125 Å². The normalized spacial score (nSPS) is 32.4. The zero-order chi connectivity index (χ0) is 14.5. The van der Waals surface area contributed by atoms with E-state index < -0.39 is 0 Å². The Balaban J connectivity index is 1.69. The van der Waals surface area contributed by atoms with Gasteiger partial charge in [-0.2, -0.15) is 0 Å². The molecule has 2 fully saturated rings. The Kier molecular flexibility index (Phi) is 6.31. The van der Waals surface area contributed by atoms with Gasteiger partial charge in [0.2, 0.25) is 0 Å². The van der Waals surface area contributed by atoms with Crippen molar-refractivity contribution in [3.63, 3.8) is 0 Å². The molecule has 0 unspecified atom stereocenters. The van der Waals surface area contributed by atoms with Crippen molar-refractivity contribution >= 4 is 0 Å². The van der Waals surface area contributed by atoms with Crippen LogP contribution >= 0.6 is 0 Å². The first-order valence-corrected chi connectivity index (χ1v) is 8.67. The van der Waals surface area contributed by atoms with E-state index in [1.807, 2.05) is 0 Å². The third-order valence-electron chi connectivity index (χ3n) is 4.99. The highest BCUT2D eigenvalue weighted by Gasteiger charge is 2.26. The van der Waals surface area contributed by atoms with Crippen LogP contribution in [0.25, 0.3) is 0 Å². The zero-order valence-corrected chi connectivity index (χ0v) is 14.0. The molecule has 20 heavy (non-hydrogen) atoms. The summed E-state index contributed by atoms with van der Waals surface area (Å²) in [5, 5.41) is 0. The first kappa shape index (κ1) is 16.3. The average molecular weight is 282 g/mol. The number of hydrogen-bond donors (Lipinski definition) is 0. The van der Waals surface area contributed by atoms with Crippen LogP contribution in [0.2, 0.25) is 0 Å². The van der Waals surface area contributed by atoms with Crippen molar-refractivity contribution < 1.29 is 4.74 Å². The lowest BCUT2D eigenvalue weighted by Gasteiger charge is -2.39. The van der Waals surface area contributed by atoms with Crippen molar-refractivity contribution in [2.45, 2.75) is 59.2 Å². The van der Waals surface area contributed by atoms with E-state index in [0.29, 0.717) is 12.2 Å². The van der Waals surface area contributed by atoms with Crippen LogP contribution < -0.4 is 0 Å². The van der Waals surface area contributed by atoms with Crippen LogP contribution in [0.15, 0.2) is 0 Å². The number of hydrogen-bond acceptors (Lipinski definition) is 3. The molecule has 2 saturated heterocycles. The summed E-state index contributed by atoms with van der Waals surface area (Å²) in [6.45, 7) is 16.5. The quantitative estimate of drug-likeness (QED) is 0.771. The van der Waals surface area contributed by atoms with Crippen molar-refractivity contribution in [2.75, 3.05) is 39.3 Å². The molecule has 2 heterocycles. The van der Waals surface area contributed by atoms with E-state index in [1.54, 1.807) is 0 Å². The minimum absolute atomic E-state index is 0.407. The van der Waals surface area contributed by atoms with Gasteiger partial charge in [0, 0.05) is 26.2 Å². The van der Waals surface area contributed by atoms with Gasteiger partial charge in [-0.1, -0.05) is 20.3 Å². The molecule has 0 aromatic carbocycles. The molecule has 0 spiro atoms. The molecule has 3 heteroatoms. The summed E-state index contributed by atoms with van der Waals surface area (Å²) in [6, 6.07) is 0. The third-order valence-corrected chi connectivity index (χ3v) is 4.99. The summed E-state index contributed by atoms with van der Waals surface area (Å²) in [5.74, 6) is 1.76. The van der Waals surface area contributed by atoms with Crippen LogP contribution in [-0.2, 0) is 4.74 Å². The fraction of sp³-hybridized carbons (Fsp3) is 1.00. The molecule has 2 aliphatic heterocycles. The molecule has 3 atom stereocenters. The number of likely N-dealkylation sites (tertiary alicyclic amines) is 1. The van der Waals surface area contributed by atoms with Crippen LogP contribution in [0.5, 0.6) is 0 Å². The second-order valence-corrected chi connectivity index (χ2v) is 7.23. The number of morpholine rings is 1. The molecule has 3 nitrogen and oxygen atoms in total. The maximum absolute atomic E-state index is 5.83. The molecule has 0 aromatic rings. The van der Waals surface area contributed by atoms with Gasteiger partial charge < -0.3 is 9.64 Å². The molecular formula is C17H34N2O. The highest BCUT2D eigenvalue weighted by Crippen LogP contribution is 2.21. The highest BCUT2D eigenvalue weighted by atomic mass is 16.5. The van der Waals surface area contributed by atoms with Crippen LogP contribution in [0.3, 0.4) is 0 Å². The Morgan fingerprint density at radius 2 is 1.65 bits per heavy atom. The minimum atomic E-state index is 0.407. The standard InChI is InChI=1S/C17H34N2O/c1-5-14(2)10-18-8-6-17(7-9-18)13-19-11-15(3)20-16(4)12-19/h14-17H,5-13H2,1-4H3/t14-,15+,16+/m0/s1. The summed E-state index contributed by atoms with van der Waals surface area (Å²) in [6.07, 6.45) is 4.89. The minimum Gasteiger partial charge on any atom is -0.373 e. The van der Waals surface area contributed by atoms with Crippen molar-refractivity contribution in [1.82, 2.24) is 9.80 Å². The first-order valence-electron chi connectivity index (χ1n) is 8.67. The van der Waals surface area contributed by atoms with Crippen molar-refractivity contribution in [2.24, 2.45) is 11.8 Å². The summed E-state index contributed by atoms with van der Waals surface area (Å²) in [7, 11) is 0. The number of piperidine rings is 1. The van der Waals surface area contributed by atoms with Gasteiger partial charge in [0.1, 0.15) is 0 Å². The maximum atomic E-state index is 5.83. The van der Waals surface area contributed by atoms with Gasteiger partial charge in [-0.25, -0.2) is 0 Å². The monoisotopic (exact) mass is 282 g/mol. The van der Waals surface area contributed by atoms with Gasteiger partial charge in [0.15, 0.2) is 0 Å². The van der Waals surface area contributed by atoms with Crippen LogP contribution in [0, 0.1) is 11.8 Å². The molecule has 2 aliphatic rings. The molecule has 0 aromatic heterocycles. The molecular weight excluding hydrogens is 248 g/mol. The van der Waals surface area contributed by atoms with Gasteiger partial charge in [0.25, 0.3) is 0 Å². The van der Waals surface area contributed by atoms with Crippen LogP contribution in [0.4, 0.5) is 0 Å². The number of nitrogens with zero attached hydrogens (tertiary/aromatic N) is 2. The smallest absolute Gasteiger partial charge is 0.0678 e. The summed E-state index contributed by atoms with van der Waals surface area (Å²) in [5.41, 5.74) is 0. The molecule has 0 radical (unpaired) electrons. The summed E-state index contributed by atoms with van der Waals surface area (Å²) >= 11 is 0. The Morgan fingerprint density at radius 1 is 1.05 bits per heavy atom. The largest absolute Gasteiger partial charge is 0.373 e. The SMILES string of the molecule is CC[C@H](C)CN1CCC(CN2C[C@@H](C)O[C@H](C)C2)CC1. The zero-order valence-electron chi connectivity index (χ0n) is 14.0. The number of rotatable bonds is 5. The molecule has 0 saturated carbocycles. The van der Waals surface area contributed by atoms with Crippen LogP contribution in [-0.4, -0.2) is 61.3 Å². The van der Waals surface area contributed by atoms with Gasteiger partial charge in [-0.15, -0.1) is 0 Å². The van der Waals surface area contributed by atoms with E-state index >= 15 is 0 Å². The van der Waals surface area contributed by atoms with Crippen molar-refractivity contribution in [3.05, 3.63) is 0 Å². The van der Waals surface area contributed by atoms with Gasteiger partial charge in [-0.05, 0) is 51.6 Å². The third kappa shape index (κ3) is 5.01. The predicted molar refractivity (Wildman–Crippen MR) is 85.1 cm³/mol. The van der Waals surface area contributed by atoms with Gasteiger partial charge in [-0.3, -0.25) is 4.90 Å². The molecule has 2 rings (SSSR count). The summed E-state index contributed by atoms with van der Waals surface area (Å²) < 4.78 is 5.83. The van der Waals surface area contributed by atoms with E-state index in [0.717, 1.165) is 24.9 Å². The van der Waals surface area contributed by atoms with E-state index in [2.05, 4.69) is 37.5 Å². The fourth-order valence-electron chi connectivity index (χ4n) is 3.72. The van der Waals surface area contributed by atoms with E-state index in [1.165, 1.54) is 45.4 Å². The Hall–Kier alpha value is -0.120. The average Bonchev–Trinajstić information content (AvgIpc) is 2.39. The lowest BCUT2D eigenvalue weighted by atomic mass is 9.94. The van der Waals surface area contributed by atoms with Gasteiger partial charge >= 0.3 is 0 Å². The second-order valence-electron chi connectivity index (χ2n) is 7.23. The van der Waals surface area contributed by atoms with E-state index in [-0.39, 0.29) is 0 Å². The van der Waals surface area contributed by atoms with E-state index in [4.69, 9.17) is 4.74 Å². The number of ether oxygens (including phenoxy) is 1. The molecule has 0 amide bonds. The Morgan fingerprint density at radius 3 is 2.20 bits per heavy atom. The molecule has 0 N–H and O–H groups in total. The van der Waals surface area contributed by atoms with E-state index in [9.17, 15) is 0 Å². The molecule has 118 valence electrons. The predicted octanol–water partition coefficient (Wildman–Crippen LogP) is 2.85. The van der Waals surface area contributed by atoms with Gasteiger partial charge in [0.05, 0.1) is 12.2 Å². The van der Waals surface area contributed by atoms with Crippen molar-refractivity contribution in [1.29, 1.82) is 0 Å². The Bertz CT molecular complexity index is 266.